The number of nitrogens with zero attached hydrogens (tertiary/aromatic N) is 4. The van der Waals surface area contributed by atoms with Gasteiger partial charge in [-0.25, -0.2) is 0 Å². The Morgan fingerprint density at radius 3 is 2.94 bits per heavy atom. The molecule has 1 aromatic heterocycles. The molecule has 1 fully saturated rings. The zero-order valence-corrected chi connectivity index (χ0v) is 9.91. The molecule has 0 amide bonds. The first-order chi connectivity index (χ1) is 7.63. The van der Waals surface area contributed by atoms with Gasteiger partial charge in [-0.3, -0.25) is 0 Å². The van der Waals surface area contributed by atoms with Crippen LogP contribution in [0.3, 0.4) is 0 Å². The number of rotatable bonds is 2. The van der Waals surface area contributed by atoms with E-state index in [-0.39, 0.29) is 11.2 Å². The van der Waals surface area contributed by atoms with Crippen LogP contribution >= 0.6 is 11.6 Å². The number of aromatic nitrogens is 3. The number of piperidine rings is 1. The van der Waals surface area contributed by atoms with Crippen molar-refractivity contribution in [3.8, 4) is 0 Å². The number of halogens is 1. The highest BCUT2D eigenvalue weighted by Crippen LogP contribution is 2.13. The molecule has 0 saturated carbocycles. The molecule has 1 saturated heterocycles. The van der Waals surface area contributed by atoms with Crippen LogP contribution in [0.5, 0.6) is 0 Å². The summed E-state index contributed by atoms with van der Waals surface area (Å²) in [6.45, 7) is 2.11. The minimum absolute atomic E-state index is 0.124. The number of nitrogen functional groups attached to an aromatic ring is 1. The van der Waals surface area contributed by atoms with Gasteiger partial charge in [0, 0.05) is 12.6 Å². The van der Waals surface area contributed by atoms with Crippen LogP contribution in [-0.2, 0) is 0 Å². The fourth-order valence-corrected chi connectivity index (χ4v) is 2.06. The summed E-state index contributed by atoms with van der Waals surface area (Å²) in [5.41, 5.74) is 5.49. The summed E-state index contributed by atoms with van der Waals surface area (Å²) in [7, 11) is 2.10. The van der Waals surface area contributed by atoms with Crippen LogP contribution in [0.2, 0.25) is 5.28 Å². The average molecular weight is 243 g/mol. The number of nitrogens with one attached hydrogen (secondary N) is 1. The molecule has 1 unspecified atom stereocenters. The van der Waals surface area contributed by atoms with Gasteiger partial charge in [-0.2, -0.15) is 15.0 Å². The van der Waals surface area contributed by atoms with Gasteiger partial charge in [-0.05, 0) is 38.0 Å². The van der Waals surface area contributed by atoms with Crippen molar-refractivity contribution in [3.05, 3.63) is 5.28 Å². The molecule has 0 aromatic carbocycles. The van der Waals surface area contributed by atoms with E-state index in [0.29, 0.717) is 12.0 Å². The highest BCUT2D eigenvalue weighted by Gasteiger charge is 2.18. The molecule has 0 bridgehead atoms. The SMILES string of the molecule is CN1CCCC(Nc2nc(N)nc(Cl)n2)C1. The van der Waals surface area contributed by atoms with Crippen molar-refractivity contribution in [1.82, 2.24) is 19.9 Å². The van der Waals surface area contributed by atoms with E-state index in [2.05, 4.69) is 32.2 Å². The van der Waals surface area contributed by atoms with Crippen molar-refractivity contribution < 1.29 is 0 Å². The standard InChI is InChI=1S/C9H15ClN6/c1-16-4-2-3-6(5-16)12-9-14-7(10)13-8(11)15-9/h6H,2-5H2,1H3,(H3,11,12,13,14,15). The summed E-state index contributed by atoms with van der Waals surface area (Å²) < 4.78 is 0. The third kappa shape index (κ3) is 2.93. The minimum Gasteiger partial charge on any atom is -0.368 e. The van der Waals surface area contributed by atoms with Crippen LogP contribution in [0.1, 0.15) is 12.8 Å². The topological polar surface area (TPSA) is 80.0 Å². The van der Waals surface area contributed by atoms with Crippen molar-refractivity contribution in [2.75, 3.05) is 31.2 Å². The molecule has 0 radical (unpaired) electrons. The Labute approximate surface area is 99.2 Å². The number of nitrogens with two attached hydrogens (primary N) is 1. The lowest BCUT2D eigenvalue weighted by Crippen LogP contribution is -2.40. The van der Waals surface area contributed by atoms with E-state index in [1.165, 1.54) is 6.42 Å². The zero-order chi connectivity index (χ0) is 11.5. The van der Waals surface area contributed by atoms with Gasteiger partial charge in [0.05, 0.1) is 0 Å². The third-order valence-corrected chi connectivity index (χ3v) is 2.75. The molecule has 1 aromatic rings. The van der Waals surface area contributed by atoms with Crippen molar-refractivity contribution in [2.45, 2.75) is 18.9 Å². The molecule has 16 heavy (non-hydrogen) atoms. The fraction of sp³-hybridized carbons (Fsp3) is 0.667. The van der Waals surface area contributed by atoms with Gasteiger partial charge in [0.25, 0.3) is 0 Å². The maximum Gasteiger partial charge on any atom is 0.229 e. The average Bonchev–Trinajstić information content (AvgIpc) is 2.15. The molecule has 7 heteroatoms. The Kier molecular flexibility index (Phi) is 3.40. The molecule has 0 spiro atoms. The van der Waals surface area contributed by atoms with E-state index >= 15 is 0 Å². The summed E-state index contributed by atoms with van der Waals surface area (Å²) >= 11 is 5.70. The van der Waals surface area contributed by atoms with Crippen LogP contribution in [0.4, 0.5) is 11.9 Å². The first-order valence-electron chi connectivity index (χ1n) is 5.25. The zero-order valence-electron chi connectivity index (χ0n) is 9.15. The van der Waals surface area contributed by atoms with E-state index in [4.69, 9.17) is 17.3 Å². The minimum atomic E-state index is 0.124. The first kappa shape index (κ1) is 11.3. The van der Waals surface area contributed by atoms with E-state index < -0.39 is 0 Å². The van der Waals surface area contributed by atoms with Gasteiger partial charge >= 0.3 is 0 Å². The first-order valence-corrected chi connectivity index (χ1v) is 5.63. The Balaban J connectivity index is 2.02. The Hall–Kier alpha value is -1.14. The summed E-state index contributed by atoms with van der Waals surface area (Å²) in [5.74, 6) is 0.601. The Bertz CT molecular complexity index is 351. The predicted molar refractivity (Wildman–Crippen MR) is 63.4 cm³/mol. The van der Waals surface area contributed by atoms with E-state index in [9.17, 15) is 0 Å². The quantitative estimate of drug-likeness (QED) is 0.791. The van der Waals surface area contributed by atoms with E-state index in [0.717, 1.165) is 19.5 Å². The molecular weight excluding hydrogens is 228 g/mol. The van der Waals surface area contributed by atoms with Crippen LogP contribution < -0.4 is 11.1 Å². The van der Waals surface area contributed by atoms with Crippen LogP contribution in [0, 0.1) is 0 Å². The van der Waals surface area contributed by atoms with Gasteiger partial charge in [0.2, 0.25) is 17.2 Å². The Morgan fingerprint density at radius 1 is 1.44 bits per heavy atom. The van der Waals surface area contributed by atoms with E-state index in [1.807, 2.05) is 0 Å². The second kappa shape index (κ2) is 4.80. The Morgan fingerprint density at radius 2 is 2.25 bits per heavy atom. The number of anilines is 2. The highest BCUT2D eigenvalue weighted by molar-refractivity contribution is 6.28. The molecule has 1 aliphatic heterocycles. The number of hydrogen-bond acceptors (Lipinski definition) is 6. The number of likely N-dealkylation sites (N-methyl/N-ethyl adjacent to an activating group) is 1. The van der Waals surface area contributed by atoms with Crippen molar-refractivity contribution >= 4 is 23.5 Å². The van der Waals surface area contributed by atoms with Crippen molar-refractivity contribution in [2.24, 2.45) is 0 Å². The van der Waals surface area contributed by atoms with Gasteiger partial charge < -0.3 is 16.0 Å². The summed E-state index contributed by atoms with van der Waals surface area (Å²) in [5, 5.41) is 3.35. The second-order valence-corrected chi connectivity index (χ2v) is 4.37. The highest BCUT2D eigenvalue weighted by atomic mass is 35.5. The van der Waals surface area contributed by atoms with Crippen LogP contribution in [0.15, 0.2) is 0 Å². The molecule has 1 aliphatic rings. The smallest absolute Gasteiger partial charge is 0.229 e. The van der Waals surface area contributed by atoms with Crippen LogP contribution in [0.25, 0.3) is 0 Å². The molecule has 1 atom stereocenters. The lowest BCUT2D eigenvalue weighted by molar-refractivity contribution is 0.260. The summed E-state index contributed by atoms with van der Waals surface area (Å²) in [6.07, 6.45) is 2.27. The number of hydrogen-bond donors (Lipinski definition) is 2. The van der Waals surface area contributed by atoms with E-state index in [1.54, 1.807) is 0 Å². The normalized spacial score (nSPS) is 22.0. The number of likely N-dealkylation sites (tertiary alicyclic amines) is 1. The molecule has 2 rings (SSSR count). The molecule has 6 nitrogen and oxygen atoms in total. The molecule has 88 valence electrons. The van der Waals surface area contributed by atoms with Gasteiger partial charge in [0.15, 0.2) is 0 Å². The maximum atomic E-state index is 5.70. The van der Waals surface area contributed by atoms with Gasteiger partial charge in [-0.1, -0.05) is 0 Å². The molecule has 3 N–H and O–H groups in total. The lowest BCUT2D eigenvalue weighted by Gasteiger charge is -2.30. The molecule has 0 aliphatic carbocycles. The summed E-state index contributed by atoms with van der Waals surface area (Å²) in [4.78, 5) is 14.0. The third-order valence-electron chi connectivity index (χ3n) is 2.58. The fourth-order valence-electron chi connectivity index (χ4n) is 1.90. The largest absolute Gasteiger partial charge is 0.368 e. The lowest BCUT2D eigenvalue weighted by atomic mass is 10.1. The van der Waals surface area contributed by atoms with Crippen molar-refractivity contribution in [3.63, 3.8) is 0 Å². The molecule has 2 heterocycles. The molecular formula is C9H15ClN6. The summed E-state index contributed by atoms with van der Waals surface area (Å²) in [6, 6.07) is 0.344. The van der Waals surface area contributed by atoms with Gasteiger partial charge in [-0.15, -0.1) is 0 Å². The second-order valence-electron chi connectivity index (χ2n) is 4.03. The predicted octanol–water partition coefficient (Wildman–Crippen LogP) is 0.613. The van der Waals surface area contributed by atoms with Crippen molar-refractivity contribution in [1.29, 1.82) is 0 Å². The monoisotopic (exact) mass is 242 g/mol. The van der Waals surface area contributed by atoms with Gasteiger partial charge in [0.1, 0.15) is 0 Å². The van der Waals surface area contributed by atoms with Crippen LogP contribution in [-0.4, -0.2) is 46.0 Å². The maximum absolute atomic E-state index is 5.70.